The number of carboxylic acid groups (broad SMARTS) is 1. The minimum atomic E-state index is -0.613. The molecule has 1 aliphatic carbocycles. The molecule has 2 nitrogen and oxygen atoms in total. The van der Waals surface area contributed by atoms with Gasteiger partial charge in [-0.15, -0.1) is 0 Å². The number of carbonyl (C=O) groups is 1. The highest BCUT2D eigenvalue weighted by Gasteiger charge is 2.69. The van der Waals surface area contributed by atoms with Crippen LogP contribution in [0.3, 0.4) is 0 Å². The van der Waals surface area contributed by atoms with E-state index in [0.29, 0.717) is 5.92 Å². The molecule has 0 aromatic carbocycles. The predicted octanol–water partition coefficient (Wildman–Crippen LogP) is 2.63. The Hall–Kier alpha value is -0.180. The van der Waals surface area contributed by atoms with E-state index in [4.69, 9.17) is 0 Å². The average molecular weight is 202 g/mol. The van der Waals surface area contributed by atoms with Gasteiger partial charge in [0.2, 0.25) is 0 Å². The van der Waals surface area contributed by atoms with Gasteiger partial charge in [-0.1, -0.05) is 13.8 Å². The molecule has 0 saturated heterocycles. The molecule has 0 radical (unpaired) electrons. The fourth-order valence-corrected chi connectivity index (χ4v) is 3.13. The van der Waals surface area contributed by atoms with Crippen molar-refractivity contribution < 1.29 is 9.90 Å². The highest BCUT2D eigenvalue weighted by molar-refractivity contribution is 8.00. The van der Waals surface area contributed by atoms with Crippen LogP contribution in [0.4, 0.5) is 0 Å². The number of aliphatic carboxylic acids is 1. The maximum absolute atomic E-state index is 11.2. The van der Waals surface area contributed by atoms with Crippen LogP contribution in [0.5, 0.6) is 0 Å². The Morgan fingerprint density at radius 2 is 2.15 bits per heavy atom. The van der Waals surface area contributed by atoms with E-state index in [2.05, 4.69) is 20.8 Å². The molecule has 76 valence electrons. The number of hydrogen-bond acceptors (Lipinski definition) is 2. The van der Waals surface area contributed by atoms with Gasteiger partial charge < -0.3 is 5.11 Å². The molecule has 0 heterocycles. The van der Waals surface area contributed by atoms with Gasteiger partial charge in [-0.3, -0.25) is 4.79 Å². The third-order valence-corrected chi connectivity index (χ3v) is 4.58. The summed E-state index contributed by atoms with van der Waals surface area (Å²) in [6.45, 7) is 6.24. The van der Waals surface area contributed by atoms with E-state index in [-0.39, 0.29) is 4.75 Å². The number of hydrogen-bond donors (Lipinski definition) is 1. The number of rotatable bonds is 4. The second kappa shape index (κ2) is 3.19. The number of thioether (sulfide) groups is 1. The molecule has 1 saturated carbocycles. The lowest BCUT2D eigenvalue weighted by molar-refractivity contribution is -0.144. The van der Waals surface area contributed by atoms with Crippen LogP contribution in [0.15, 0.2) is 0 Å². The third kappa shape index (κ3) is 1.58. The molecule has 2 atom stereocenters. The van der Waals surface area contributed by atoms with Crippen molar-refractivity contribution in [3.63, 3.8) is 0 Å². The summed E-state index contributed by atoms with van der Waals surface area (Å²) in [6, 6.07) is 0. The second-order valence-electron chi connectivity index (χ2n) is 4.60. The maximum atomic E-state index is 11.2. The van der Waals surface area contributed by atoms with Crippen molar-refractivity contribution in [2.75, 3.05) is 6.26 Å². The van der Waals surface area contributed by atoms with E-state index < -0.39 is 11.4 Å². The lowest BCUT2D eigenvalue weighted by atomic mass is 9.92. The van der Waals surface area contributed by atoms with Crippen molar-refractivity contribution in [2.45, 2.75) is 38.4 Å². The zero-order chi connectivity index (χ0) is 10.3. The standard InChI is InChI=1S/C10H18O2S/c1-7(2)5-10(8(11)12)6-9(10,3)13-4/h7H,5-6H2,1-4H3,(H,11,12). The normalized spacial score (nSPS) is 37.9. The Bertz CT molecular complexity index is 227. The molecule has 2 unspecified atom stereocenters. The van der Waals surface area contributed by atoms with E-state index in [1.54, 1.807) is 11.8 Å². The van der Waals surface area contributed by atoms with Crippen LogP contribution in [0.25, 0.3) is 0 Å². The van der Waals surface area contributed by atoms with Crippen LogP contribution >= 0.6 is 11.8 Å². The van der Waals surface area contributed by atoms with Crippen molar-refractivity contribution in [3.05, 3.63) is 0 Å². The molecular formula is C10H18O2S. The van der Waals surface area contributed by atoms with E-state index in [9.17, 15) is 9.90 Å². The van der Waals surface area contributed by atoms with Gasteiger partial charge in [0.25, 0.3) is 0 Å². The van der Waals surface area contributed by atoms with Crippen molar-refractivity contribution in [1.29, 1.82) is 0 Å². The Morgan fingerprint density at radius 3 is 2.38 bits per heavy atom. The van der Waals surface area contributed by atoms with Gasteiger partial charge in [-0.25, -0.2) is 0 Å². The fourth-order valence-electron chi connectivity index (χ4n) is 2.17. The monoisotopic (exact) mass is 202 g/mol. The summed E-state index contributed by atoms with van der Waals surface area (Å²) in [5.74, 6) is -0.150. The Kier molecular flexibility index (Phi) is 2.68. The summed E-state index contributed by atoms with van der Waals surface area (Å²) in [6.07, 6.45) is 3.64. The molecule has 1 aliphatic rings. The van der Waals surface area contributed by atoms with Crippen LogP contribution in [0.1, 0.15) is 33.6 Å². The van der Waals surface area contributed by atoms with Crippen LogP contribution in [0, 0.1) is 11.3 Å². The second-order valence-corrected chi connectivity index (χ2v) is 5.91. The Labute approximate surface area is 84.1 Å². The van der Waals surface area contributed by atoms with Crippen molar-refractivity contribution in [3.8, 4) is 0 Å². The predicted molar refractivity (Wildman–Crippen MR) is 56.1 cm³/mol. The Morgan fingerprint density at radius 1 is 1.62 bits per heavy atom. The van der Waals surface area contributed by atoms with E-state index in [1.165, 1.54) is 0 Å². The van der Waals surface area contributed by atoms with Gasteiger partial charge in [-0.05, 0) is 31.9 Å². The summed E-state index contributed by atoms with van der Waals surface area (Å²) in [5, 5.41) is 9.21. The maximum Gasteiger partial charge on any atom is 0.311 e. The summed E-state index contributed by atoms with van der Waals surface area (Å²) >= 11 is 1.69. The summed E-state index contributed by atoms with van der Waals surface area (Å²) < 4.78 is -0.0247. The SMILES string of the molecule is CSC1(C)CC1(CC(C)C)C(=O)O. The quantitative estimate of drug-likeness (QED) is 0.761. The molecule has 0 spiro atoms. The lowest BCUT2D eigenvalue weighted by Gasteiger charge is -2.19. The molecular weight excluding hydrogens is 184 g/mol. The zero-order valence-electron chi connectivity index (χ0n) is 8.76. The van der Waals surface area contributed by atoms with Crippen LogP contribution in [-0.2, 0) is 4.79 Å². The zero-order valence-corrected chi connectivity index (χ0v) is 9.57. The van der Waals surface area contributed by atoms with E-state index in [0.717, 1.165) is 12.8 Å². The first-order chi connectivity index (χ1) is 5.88. The van der Waals surface area contributed by atoms with E-state index >= 15 is 0 Å². The summed E-state index contributed by atoms with van der Waals surface area (Å²) in [7, 11) is 0. The smallest absolute Gasteiger partial charge is 0.311 e. The van der Waals surface area contributed by atoms with Crippen molar-refractivity contribution >= 4 is 17.7 Å². The minimum absolute atomic E-state index is 0.0247. The molecule has 0 bridgehead atoms. The summed E-state index contributed by atoms with van der Waals surface area (Å²) in [5.41, 5.74) is -0.444. The van der Waals surface area contributed by atoms with Gasteiger partial charge in [0.05, 0.1) is 5.41 Å². The minimum Gasteiger partial charge on any atom is -0.481 e. The first-order valence-corrected chi connectivity index (χ1v) is 5.89. The van der Waals surface area contributed by atoms with Gasteiger partial charge in [0.15, 0.2) is 0 Å². The lowest BCUT2D eigenvalue weighted by Crippen LogP contribution is -2.25. The largest absolute Gasteiger partial charge is 0.481 e. The molecule has 0 aromatic rings. The van der Waals surface area contributed by atoms with E-state index in [1.807, 2.05) is 6.26 Å². The molecule has 0 amide bonds. The topological polar surface area (TPSA) is 37.3 Å². The molecule has 1 fully saturated rings. The van der Waals surface area contributed by atoms with Crippen molar-refractivity contribution in [1.82, 2.24) is 0 Å². The van der Waals surface area contributed by atoms with Crippen LogP contribution < -0.4 is 0 Å². The van der Waals surface area contributed by atoms with Gasteiger partial charge >= 0.3 is 5.97 Å². The first-order valence-electron chi connectivity index (χ1n) is 4.66. The molecule has 1 rings (SSSR count). The fraction of sp³-hybridized carbons (Fsp3) is 0.900. The first kappa shape index (κ1) is 10.9. The average Bonchev–Trinajstić information content (AvgIpc) is 2.58. The van der Waals surface area contributed by atoms with Crippen LogP contribution in [-0.4, -0.2) is 22.1 Å². The van der Waals surface area contributed by atoms with Crippen LogP contribution in [0.2, 0.25) is 0 Å². The van der Waals surface area contributed by atoms with Gasteiger partial charge in [0.1, 0.15) is 0 Å². The molecule has 0 aromatic heterocycles. The molecule has 0 aliphatic heterocycles. The number of carboxylic acids is 1. The Balaban J connectivity index is 2.77. The van der Waals surface area contributed by atoms with Gasteiger partial charge in [0, 0.05) is 4.75 Å². The highest BCUT2D eigenvalue weighted by Crippen LogP contribution is 2.66. The third-order valence-electron chi connectivity index (χ3n) is 3.14. The summed E-state index contributed by atoms with van der Waals surface area (Å²) in [4.78, 5) is 11.2. The molecule has 1 N–H and O–H groups in total. The highest BCUT2D eigenvalue weighted by atomic mass is 32.2. The molecule has 13 heavy (non-hydrogen) atoms. The van der Waals surface area contributed by atoms with Gasteiger partial charge in [-0.2, -0.15) is 11.8 Å². The van der Waals surface area contributed by atoms with Crippen molar-refractivity contribution in [2.24, 2.45) is 11.3 Å². The molecule has 3 heteroatoms.